The Kier molecular flexibility index (Phi) is 6.80. The molecule has 0 bridgehead atoms. The predicted molar refractivity (Wildman–Crippen MR) is 55.6 cm³/mol. The number of aliphatic carboxylic acids is 1. The summed E-state index contributed by atoms with van der Waals surface area (Å²) in [6.45, 7) is -0.279. The van der Waals surface area contributed by atoms with Crippen LogP contribution in [0.4, 0.5) is 0 Å². The van der Waals surface area contributed by atoms with Crippen molar-refractivity contribution in [3.8, 4) is 11.5 Å². The van der Waals surface area contributed by atoms with Gasteiger partial charge in [0.15, 0.2) is 0 Å². The molecule has 0 radical (unpaired) electrons. The molecule has 5 nitrogen and oxygen atoms in total. The monoisotopic (exact) mass is 233 g/mol. The molecule has 0 atom stereocenters. The van der Waals surface area contributed by atoms with E-state index in [-0.39, 0.29) is 49.0 Å². The molecule has 16 heavy (non-hydrogen) atoms. The maximum Gasteiger partial charge on any atom is 1.00 e. The van der Waals surface area contributed by atoms with Crippen molar-refractivity contribution in [2.24, 2.45) is 4.99 Å². The topological polar surface area (TPSA) is 90.1 Å². The first-order valence-corrected chi connectivity index (χ1v) is 4.30. The normalized spacial score (nSPS) is 10.0. The van der Waals surface area contributed by atoms with Crippen LogP contribution in [-0.4, -0.2) is 34.0 Å². The van der Waals surface area contributed by atoms with Crippen molar-refractivity contribution in [3.05, 3.63) is 23.8 Å². The van der Waals surface area contributed by atoms with Gasteiger partial charge in [0.2, 0.25) is 0 Å². The standard InChI is InChI=1S/C10H11NO4.Na.H/c12-8-2-1-7(9(13)5-8)3-4-11-6-10(14)15;;/h1-2,4-5,12-13H,3,6H2,(H,14,15);;/q;+1;-1. The van der Waals surface area contributed by atoms with Crippen LogP contribution in [0.5, 0.6) is 11.5 Å². The molecule has 0 aliphatic rings. The minimum atomic E-state index is -0.999. The van der Waals surface area contributed by atoms with Gasteiger partial charge in [-0.2, -0.15) is 0 Å². The number of phenolic OH excluding ortho intramolecular Hbond substituents is 2. The average Bonchev–Trinajstić information content (AvgIpc) is 2.14. The smallest absolute Gasteiger partial charge is 1.00 e. The summed E-state index contributed by atoms with van der Waals surface area (Å²) >= 11 is 0. The van der Waals surface area contributed by atoms with Crippen LogP contribution in [0.15, 0.2) is 23.2 Å². The average molecular weight is 233 g/mol. The van der Waals surface area contributed by atoms with Crippen LogP contribution >= 0.6 is 0 Å². The van der Waals surface area contributed by atoms with Crippen LogP contribution < -0.4 is 29.6 Å². The van der Waals surface area contributed by atoms with Gasteiger partial charge in [0.05, 0.1) is 0 Å². The molecule has 82 valence electrons. The number of hydrogen-bond donors (Lipinski definition) is 3. The fraction of sp³-hybridized carbons (Fsp3) is 0.200. The van der Waals surface area contributed by atoms with Crippen LogP contribution in [0.3, 0.4) is 0 Å². The van der Waals surface area contributed by atoms with Gasteiger partial charge < -0.3 is 16.7 Å². The fourth-order valence-corrected chi connectivity index (χ4v) is 1.03. The van der Waals surface area contributed by atoms with Gasteiger partial charge in [-0.05, 0) is 11.6 Å². The number of carboxylic acid groups (broad SMARTS) is 1. The second kappa shape index (κ2) is 7.27. The van der Waals surface area contributed by atoms with Gasteiger partial charge in [0, 0.05) is 18.7 Å². The second-order valence-electron chi connectivity index (χ2n) is 2.93. The summed E-state index contributed by atoms with van der Waals surface area (Å²) in [5.74, 6) is -1.04. The van der Waals surface area contributed by atoms with E-state index in [2.05, 4.69) is 4.99 Å². The van der Waals surface area contributed by atoms with Crippen molar-refractivity contribution < 1.29 is 51.1 Å². The summed E-state index contributed by atoms with van der Waals surface area (Å²) in [6, 6.07) is 4.22. The van der Waals surface area contributed by atoms with Gasteiger partial charge >= 0.3 is 35.5 Å². The van der Waals surface area contributed by atoms with E-state index < -0.39 is 5.97 Å². The van der Waals surface area contributed by atoms with E-state index >= 15 is 0 Å². The molecule has 0 heterocycles. The van der Waals surface area contributed by atoms with Crippen molar-refractivity contribution in [2.45, 2.75) is 6.42 Å². The van der Waals surface area contributed by atoms with Crippen LogP contribution in [0, 0.1) is 0 Å². The molecule has 1 aromatic rings. The first kappa shape index (κ1) is 15.0. The van der Waals surface area contributed by atoms with Crippen molar-refractivity contribution >= 4 is 12.2 Å². The van der Waals surface area contributed by atoms with E-state index in [9.17, 15) is 9.90 Å². The van der Waals surface area contributed by atoms with Crippen LogP contribution in [0.25, 0.3) is 0 Å². The van der Waals surface area contributed by atoms with Crippen LogP contribution in [-0.2, 0) is 11.2 Å². The van der Waals surface area contributed by atoms with Crippen molar-refractivity contribution in [3.63, 3.8) is 0 Å². The Hall–Kier alpha value is -1.04. The first-order valence-electron chi connectivity index (χ1n) is 4.30. The van der Waals surface area contributed by atoms with Crippen LogP contribution in [0.2, 0.25) is 0 Å². The molecule has 0 aliphatic heterocycles. The van der Waals surface area contributed by atoms with Gasteiger partial charge in [-0.25, -0.2) is 0 Å². The number of aliphatic imine (C=N–C) groups is 1. The van der Waals surface area contributed by atoms with Crippen molar-refractivity contribution in [1.29, 1.82) is 0 Å². The Labute approximate surface area is 116 Å². The number of hydrogen-bond acceptors (Lipinski definition) is 4. The number of benzene rings is 1. The van der Waals surface area contributed by atoms with Crippen molar-refractivity contribution in [2.75, 3.05) is 6.54 Å². The van der Waals surface area contributed by atoms with E-state index in [4.69, 9.17) is 10.2 Å². The maximum atomic E-state index is 10.1. The number of aromatic hydroxyl groups is 2. The third-order valence-electron chi connectivity index (χ3n) is 1.74. The second-order valence-corrected chi connectivity index (χ2v) is 2.93. The number of carboxylic acids is 1. The summed E-state index contributed by atoms with van der Waals surface area (Å²) in [5.41, 5.74) is 0.585. The number of phenols is 2. The molecule has 3 N–H and O–H groups in total. The molecule has 0 fully saturated rings. The van der Waals surface area contributed by atoms with E-state index in [1.807, 2.05) is 0 Å². The maximum absolute atomic E-state index is 10.1. The third kappa shape index (κ3) is 5.16. The Balaban J connectivity index is 0. The molecule has 0 unspecified atom stereocenters. The Morgan fingerprint density at radius 2 is 2.12 bits per heavy atom. The number of carbonyl (C=O) groups is 1. The summed E-state index contributed by atoms with van der Waals surface area (Å²) in [7, 11) is 0. The predicted octanol–water partition coefficient (Wildman–Crippen LogP) is -2.09. The molecular weight excluding hydrogens is 221 g/mol. The zero-order chi connectivity index (χ0) is 11.3. The molecular formula is C10H12NNaO4. The molecule has 0 aromatic heterocycles. The quantitative estimate of drug-likeness (QED) is 0.411. The Morgan fingerprint density at radius 1 is 1.44 bits per heavy atom. The zero-order valence-electron chi connectivity index (χ0n) is 9.92. The first-order chi connectivity index (χ1) is 7.09. The minimum absolute atomic E-state index is 0. The molecule has 1 aromatic carbocycles. The van der Waals surface area contributed by atoms with Crippen molar-refractivity contribution in [1.82, 2.24) is 0 Å². The van der Waals surface area contributed by atoms with Crippen LogP contribution in [0.1, 0.15) is 6.99 Å². The van der Waals surface area contributed by atoms with E-state index in [1.165, 1.54) is 18.3 Å². The zero-order valence-corrected chi connectivity index (χ0v) is 10.9. The largest absolute Gasteiger partial charge is 1.00 e. The van der Waals surface area contributed by atoms with Gasteiger partial charge in [-0.3, -0.25) is 9.79 Å². The van der Waals surface area contributed by atoms with E-state index in [0.29, 0.717) is 12.0 Å². The number of nitrogens with zero attached hydrogens (tertiary/aromatic N) is 1. The molecule has 1 rings (SSSR count). The van der Waals surface area contributed by atoms with Gasteiger partial charge in [0.1, 0.15) is 18.0 Å². The molecule has 0 saturated carbocycles. The minimum Gasteiger partial charge on any atom is -1.00 e. The van der Waals surface area contributed by atoms with Gasteiger partial charge in [-0.1, -0.05) is 6.07 Å². The molecule has 0 spiro atoms. The molecule has 0 saturated heterocycles. The van der Waals surface area contributed by atoms with E-state index in [0.717, 1.165) is 0 Å². The SMILES string of the molecule is O=C(O)CN=CCc1ccc(O)cc1O.[H-].[Na+]. The Bertz CT molecular complexity index is 398. The number of rotatable bonds is 4. The van der Waals surface area contributed by atoms with Gasteiger partial charge in [0.25, 0.3) is 0 Å². The summed E-state index contributed by atoms with van der Waals surface area (Å²) < 4.78 is 0. The van der Waals surface area contributed by atoms with E-state index in [1.54, 1.807) is 6.07 Å². The summed E-state index contributed by atoms with van der Waals surface area (Å²) in [4.78, 5) is 13.8. The van der Waals surface area contributed by atoms with Gasteiger partial charge in [-0.15, -0.1) is 0 Å². The third-order valence-corrected chi connectivity index (χ3v) is 1.74. The molecule has 0 amide bonds. The summed E-state index contributed by atoms with van der Waals surface area (Å²) in [5, 5.41) is 26.7. The fourth-order valence-electron chi connectivity index (χ4n) is 1.03. The Morgan fingerprint density at radius 3 is 2.69 bits per heavy atom. The molecule has 6 heteroatoms. The summed E-state index contributed by atoms with van der Waals surface area (Å²) in [6.07, 6.45) is 1.75. The molecule has 0 aliphatic carbocycles.